The highest BCUT2D eigenvalue weighted by Gasteiger charge is 2.20. The zero-order valence-electron chi connectivity index (χ0n) is 13.0. The van der Waals surface area contributed by atoms with Gasteiger partial charge in [-0.25, -0.2) is 4.79 Å². The molecule has 1 aliphatic carbocycles. The number of benzene rings is 1. The fraction of sp³-hybridized carbons (Fsp3) is 0.588. The van der Waals surface area contributed by atoms with E-state index in [1.54, 1.807) is 0 Å². The zero-order valence-corrected chi connectivity index (χ0v) is 13.0. The summed E-state index contributed by atoms with van der Waals surface area (Å²) in [5.74, 6) is 0.403. The lowest BCUT2D eigenvalue weighted by Gasteiger charge is -2.25. The summed E-state index contributed by atoms with van der Waals surface area (Å²) >= 11 is 0. The van der Waals surface area contributed by atoms with E-state index in [-0.39, 0.29) is 12.1 Å². The first-order valence-corrected chi connectivity index (χ1v) is 7.80. The van der Waals surface area contributed by atoms with E-state index in [2.05, 4.69) is 42.7 Å². The van der Waals surface area contributed by atoms with Crippen LogP contribution in [0.3, 0.4) is 0 Å². The van der Waals surface area contributed by atoms with Crippen LogP contribution in [0.1, 0.15) is 42.4 Å². The number of hydrogen-bond donors (Lipinski definition) is 3. The van der Waals surface area contributed by atoms with Crippen molar-refractivity contribution in [3.63, 3.8) is 0 Å². The maximum atomic E-state index is 11.8. The summed E-state index contributed by atoms with van der Waals surface area (Å²) in [5, 5.41) is 15.4. The molecule has 0 radical (unpaired) electrons. The van der Waals surface area contributed by atoms with Gasteiger partial charge in [0.15, 0.2) is 0 Å². The van der Waals surface area contributed by atoms with Crippen molar-refractivity contribution in [3.05, 3.63) is 34.9 Å². The molecule has 1 saturated carbocycles. The predicted molar refractivity (Wildman–Crippen MR) is 84.1 cm³/mol. The first-order chi connectivity index (χ1) is 10.0. The highest BCUT2D eigenvalue weighted by atomic mass is 16.3. The van der Waals surface area contributed by atoms with Crippen molar-refractivity contribution in [1.82, 2.24) is 10.6 Å². The second-order valence-electron chi connectivity index (χ2n) is 6.18. The van der Waals surface area contributed by atoms with Gasteiger partial charge < -0.3 is 15.7 Å². The molecule has 21 heavy (non-hydrogen) atoms. The van der Waals surface area contributed by atoms with Crippen LogP contribution >= 0.6 is 0 Å². The molecule has 2 rings (SSSR count). The Morgan fingerprint density at radius 2 is 2.10 bits per heavy atom. The van der Waals surface area contributed by atoms with Crippen LogP contribution in [0.4, 0.5) is 4.79 Å². The Labute approximate surface area is 126 Å². The van der Waals surface area contributed by atoms with E-state index in [1.807, 2.05) is 0 Å². The molecule has 1 aliphatic rings. The van der Waals surface area contributed by atoms with Crippen LogP contribution in [0.15, 0.2) is 18.2 Å². The summed E-state index contributed by atoms with van der Waals surface area (Å²) in [7, 11) is 0. The summed E-state index contributed by atoms with van der Waals surface area (Å²) in [5.41, 5.74) is 3.58. The molecule has 1 aromatic rings. The molecule has 1 fully saturated rings. The Hall–Kier alpha value is -1.55. The second kappa shape index (κ2) is 7.46. The molecule has 0 aromatic heterocycles. The van der Waals surface area contributed by atoms with Crippen LogP contribution in [0.25, 0.3) is 0 Å². The number of rotatable bonds is 4. The molecule has 1 aromatic carbocycles. The Balaban J connectivity index is 1.72. The van der Waals surface area contributed by atoms with Crippen molar-refractivity contribution in [3.8, 4) is 0 Å². The monoisotopic (exact) mass is 290 g/mol. The number of aryl methyl sites for hydroxylation is 2. The van der Waals surface area contributed by atoms with E-state index < -0.39 is 0 Å². The number of amides is 2. The molecule has 4 heteroatoms. The molecule has 3 N–H and O–H groups in total. The van der Waals surface area contributed by atoms with Crippen LogP contribution in [-0.4, -0.2) is 23.8 Å². The average Bonchev–Trinajstić information content (AvgIpc) is 2.44. The summed E-state index contributed by atoms with van der Waals surface area (Å²) in [4.78, 5) is 11.8. The number of nitrogens with one attached hydrogen (secondary N) is 2. The van der Waals surface area contributed by atoms with E-state index in [4.69, 9.17) is 0 Å². The number of carbonyl (C=O) groups is 1. The van der Waals surface area contributed by atoms with Gasteiger partial charge in [-0.15, -0.1) is 0 Å². The van der Waals surface area contributed by atoms with Crippen LogP contribution in [0, 0.1) is 19.8 Å². The summed E-state index contributed by atoms with van der Waals surface area (Å²) in [6.45, 7) is 5.32. The molecule has 2 atom stereocenters. The lowest BCUT2D eigenvalue weighted by molar-refractivity contribution is 0.101. The second-order valence-corrected chi connectivity index (χ2v) is 6.18. The molecular weight excluding hydrogens is 264 g/mol. The average molecular weight is 290 g/mol. The topological polar surface area (TPSA) is 61.4 Å². The fourth-order valence-corrected chi connectivity index (χ4v) is 2.97. The lowest BCUT2D eigenvalue weighted by Crippen LogP contribution is -2.39. The minimum atomic E-state index is -0.191. The molecule has 0 saturated heterocycles. The standard InChI is InChI=1S/C17H26N2O2/c1-12-6-7-15(13(2)8-12)11-19-17(21)18-10-14-4-3-5-16(20)9-14/h6-8,14,16,20H,3-5,9-11H2,1-2H3,(H2,18,19,21). The Kier molecular flexibility index (Phi) is 5.62. The van der Waals surface area contributed by atoms with Gasteiger partial charge in [0.2, 0.25) is 0 Å². The van der Waals surface area contributed by atoms with Gasteiger partial charge in [0.05, 0.1) is 6.10 Å². The van der Waals surface area contributed by atoms with Crippen molar-refractivity contribution < 1.29 is 9.90 Å². The smallest absolute Gasteiger partial charge is 0.315 e. The normalized spacial score (nSPS) is 21.9. The zero-order chi connectivity index (χ0) is 15.2. The molecule has 116 valence electrons. The summed E-state index contributed by atoms with van der Waals surface area (Å²) < 4.78 is 0. The van der Waals surface area contributed by atoms with Crippen molar-refractivity contribution in [2.24, 2.45) is 5.92 Å². The molecule has 0 spiro atoms. The quantitative estimate of drug-likeness (QED) is 0.798. The van der Waals surface area contributed by atoms with Gasteiger partial charge in [-0.3, -0.25) is 0 Å². The molecule has 4 nitrogen and oxygen atoms in total. The maximum Gasteiger partial charge on any atom is 0.315 e. The van der Waals surface area contributed by atoms with Crippen molar-refractivity contribution in [1.29, 1.82) is 0 Å². The number of carbonyl (C=O) groups excluding carboxylic acids is 1. The highest BCUT2D eigenvalue weighted by molar-refractivity contribution is 5.73. The predicted octanol–water partition coefficient (Wildman–Crippen LogP) is 2.65. The van der Waals surface area contributed by atoms with Crippen LogP contribution in [0.2, 0.25) is 0 Å². The SMILES string of the molecule is Cc1ccc(CNC(=O)NCC2CCCC(O)C2)c(C)c1. The van der Waals surface area contributed by atoms with Crippen LogP contribution in [0.5, 0.6) is 0 Å². The third-order valence-electron chi connectivity index (χ3n) is 4.24. The van der Waals surface area contributed by atoms with Gasteiger partial charge in [0.25, 0.3) is 0 Å². The maximum absolute atomic E-state index is 11.8. The minimum Gasteiger partial charge on any atom is -0.393 e. The number of hydrogen-bond acceptors (Lipinski definition) is 2. The largest absolute Gasteiger partial charge is 0.393 e. The van der Waals surface area contributed by atoms with Gasteiger partial charge >= 0.3 is 6.03 Å². The van der Waals surface area contributed by atoms with Gasteiger partial charge in [-0.1, -0.05) is 30.2 Å². The van der Waals surface area contributed by atoms with E-state index in [0.29, 0.717) is 19.0 Å². The van der Waals surface area contributed by atoms with Crippen molar-refractivity contribution in [2.75, 3.05) is 6.54 Å². The molecule has 2 unspecified atom stereocenters. The van der Waals surface area contributed by atoms with E-state index in [0.717, 1.165) is 31.2 Å². The van der Waals surface area contributed by atoms with Crippen molar-refractivity contribution in [2.45, 2.75) is 52.2 Å². The van der Waals surface area contributed by atoms with E-state index in [1.165, 1.54) is 11.1 Å². The summed E-state index contributed by atoms with van der Waals surface area (Å²) in [6, 6.07) is 6.11. The van der Waals surface area contributed by atoms with E-state index in [9.17, 15) is 9.90 Å². The third-order valence-corrected chi connectivity index (χ3v) is 4.24. The van der Waals surface area contributed by atoms with Crippen molar-refractivity contribution >= 4 is 6.03 Å². The first kappa shape index (κ1) is 15.8. The van der Waals surface area contributed by atoms with Gasteiger partial charge in [0, 0.05) is 13.1 Å². The molecular formula is C17H26N2O2. The highest BCUT2D eigenvalue weighted by Crippen LogP contribution is 2.23. The first-order valence-electron chi connectivity index (χ1n) is 7.80. The fourth-order valence-electron chi connectivity index (χ4n) is 2.97. The molecule has 0 heterocycles. The lowest BCUT2D eigenvalue weighted by atomic mass is 9.87. The Bertz CT molecular complexity index is 488. The van der Waals surface area contributed by atoms with Crippen LogP contribution < -0.4 is 10.6 Å². The Morgan fingerprint density at radius 3 is 2.81 bits per heavy atom. The van der Waals surface area contributed by atoms with Gasteiger partial charge in [-0.05, 0) is 50.2 Å². The molecule has 0 bridgehead atoms. The number of aliphatic hydroxyl groups excluding tert-OH is 1. The number of urea groups is 1. The van der Waals surface area contributed by atoms with Gasteiger partial charge in [0.1, 0.15) is 0 Å². The number of aliphatic hydroxyl groups is 1. The van der Waals surface area contributed by atoms with Crippen LogP contribution in [-0.2, 0) is 6.54 Å². The minimum absolute atomic E-state index is 0.130. The summed E-state index contributed by atoms with van der Waals surface area (Å²) in [6.07, 6.45) is 3.66. The molecule has 2 amide bonds. The third kappa shape index (κ3) is 5.05. The Morgan fingerprint density at radius 1 is 1.29 bits per heavy atom. The van der Waals surface area contributed by atoms with E-state index >= 15 is 0 Å². The molecule has 0 aliphatic heterocycles. The van der Waals surface area contributed by atoms with Gasteiger partial charge in [-0.2, -0.15) is 0 Å².